The molecule has 150 valence electrons. The van der Waals surface area contributed by atoms with Crippen LogP contribution in [0.1, 0.15) is 44.0 Å². The van der Waals surface area contributed by atoms with Gasteiger partial charge in [0.1, 0.15) is 5.69 Å². The lowest BCUT2D eigenvalue weighted by Gasteiger charge is -2.22. The number of halogens is 1. The molecule has 4 rings (SSSR count). The molecule has 1 aliphatic heterocycles. The number of nitrogens with zero attached hydrogens (tertiary/aromatic N) is 2. The molecule has 2 amide bonds. The zero-order chi connectivity index (χ0) is 21.1. The van der Waals surface area contributed by atoms with Crippen LogP contribution >= 0.6 is 11.6 Å². The minimum absolute atomic E-state index is 0.0327. The Balaban J connectivity index is 1.55. The smallest absolute Gasteiger partial charge is 0.276 e. The van der Waals surface area contributed by atoms with Crippen molar-refractivity contribution in [1.29, 1.82) is 0 Å². The third-order valence-corrected chi connectivity index (χ3v) is 5.09. The Hall–Kier alpha value is -3.51. The van der Waals surface area contributed by atoms with Crippen molar-refractivity contribution < 1.29 is 14.4 Å². The molecule has 1 N–H and O–H groups in total. The Morgan fingerprint density at radius 2 is 1.83 bits per heavy atom. The van der Waals surface area contributed by atoms with Gasteiger partial charge in [-0.05, 0) is 48.9 Å². The molecule has 30 heavy (non-hydrogen) atoms. The highest BCUT2D eigenvalue weighted by molar-refractivity contribution is 6.31. The summed E-state index contributed by atoms with van der Waals surface area (Å²) < 4.78 is 0. The fourth-order valence-corrected chi connectivity index (χ4v) is 3.53. The van der Waals surface area contributed by atoms with Gasteiger partial charge in [0.15, 0.2) is 5.78 Å². The SMILES string of the molecule is O=C(Nc1ccc(C(=O)N2CCCC(=O)c3cc(Cl)ccc32)nc1)c1ccccc1. The summed E-state index contributed by atoms with van der Waals surface area (Å²) in [6.45, 7) is 0.410. The molecule has 0 aliphatic carbocycles. The number of nitrogens with one attached hydrogen (secondary N) is 1. The van der Waals surface area contributed by atoms with Crippen LogP contribution in [0.5, 0.6) is 0 Å². The maximum absolute atomic E-state index is 13.1. The van der Waals surface area contributed by atoms with Crippen molar-refractivity contribution >= 4 is 40.6 Å². The van der Waals surface area contributed by atoms with Gasteiger partial charge in [-0.15, -0.1) is 0 Å². The van der Waals surface area contributed by atoms with Crippen molar-refractivity contribution in [2.75, 3.05) is 16.8 Å². The number of Topliss-reactive ketones (excluding diaryl/α,β-unsaturated/α-hetero) is 1. The molecule has 1 aliphatic rings. The molecule has 7 heteroatoms. The number of carbonyl (C=O) groups excluding carboxylic acids is 3. The van der Waals surface area contributed by atoms with Gasteiger partial charge in [-0.3, -0.25) is 14.4 Å². The molecule has 2 heterocycles. The lowest BCUT2D eigenvalue weighted by atomic mass is 10.1. The van der Waals surface area contributed by atoms with Crippen molar-refractivity contribution in [2.24, 2.45) is 0 Å². The second-order valence-electron chi connectivity index (χ2n) is 6.90. The first-order chi connectivity index (χ1) is 14.5. The Kier molecular flexibility index (Phi) is 5.59. The van der Waals surface area contributed by atoms with E-state index in [9.17, 15) is 14.4 Å². The number of anilines is 2. The summed E-state index contributed by atoms with van der Waals surface area (Å²) in [7, 11) is 0. The van der Waals surface area contributed by atoms with E-state index in [1.807, 2.05) is 6.07 Å². The van der Waals surface area contributed by atoms with Crippen LogP contribution in [-0.2, 0) is 0 Å². The van der Waals surface area contributed by atoms with Gasteiger partial charge in [-0.1, -0.05) is 29.8 Å². The standard InChI is InChI=1S/C23H18ClN3O3/c24-16-8-11-20-18(13-16)21(28)7-4-12-27(20)23(30)19-10-9-17(14-25-19)26-22(29)15-5-2-1-3-6-15/h1-3,5-6,8-11,13-14H,4,7,12H2,(H,26,29). The maximum atomic E-state index is 13.1. The summed E-state index contributed by atoms with van der Waals surface area (Å²) in [6.07, 6.45) is 2.36. The highest BCUT2D eigenvalue weighted by Gasteiger charge is 2.26. The summed E-state index contributed by atoms with van der Waals surface area (Å²) >= 11 is 6.04. The molecule has 1 aromatic heterocycles. The zero-order valence-electron chi connectivity index (χ0n) is 16.0. The largest absolute Gasteiger partial charge is 0.321 e. The quantitative estimate of drug-likeness (QED) is 0.672. The maximum Gasteiger partial charge on any atom is 0.276 e. The number of carbonyl (C=O) groups is 3. The Morgan fingerprint density at radius 1 is 1.03 bits per heavy atom. The summed E-state index contributed by atoms with van der Waals surface area (Å²) in [6, 6.07) is 17.0. The van der Waals surface area contributed by atoms with Crippen molar-refractivity contribution in [1.82, 2.24) is 4.98 Å². The Bertz CT molecular complexity index is 1110. The number of rotatable bonds is 3. The molecule has 0 spiro atoms. The molecule has 6 nitrogen and oxygen atoms in total. The third-order valence-electron chi connectivity index (χ3n) is 4.86. The van der Waals surface area contributed by atoms with Gasteiger partial charge in [0, 0.05) is 29.1 Å². The van der Waals surface area contributed by atoms with E-state index >= 15 is 0 Å². The molecular formula is C23H18ClN3O3. The van der Waals surface area contributed by atoms with Crippen LogP contribution in [0.4, 0.5) is 11.4 Å². The van der Waals surface area contributed by atoms with Crippen LogP contribution in [0.2, 0.25) is 5.02 Å². The van der Waals surface area contributed by atoms with Gasteiger partial charge >= 0.3 is 0 Å². The Morgan fingerprint density at radius 3 is 2.57 bits per heavy atom. The second kappa shape index (κ2) is 8.47. The molecule has 0 fully saturated rings. The molecule has 0 bridgehead atoms. The van der Waals surface area contributed by atoms with Crippen LogP contribution < -0.4 is 10.2 Å². The van der Waals surface area contributed by atoms with E-state index in [0.29, 0.717) is 46.9 Å². The van der Waals surface area contributed by atoms with E-state index in [1.165, 1.54) is 6.20 Å². The van der Waals surface area contributed by atoms with Gasteiger partial charge in [-0.2, -0.15) is 0 Å². The molecule has 0 atom stereocenters. The molecule has 0 saturated carbocycles. The fourth-order valence-electron chi connectivity index (χ4n) is 3.36. The number of aromatic nitrogens is 1. The number of hydrogen-bond donors (Lipinski definition) is 1. The first kappa shape index (κ1) is 19.8. The van der Waals surface area contributed by atoms with Crippen molar-refractivity contribution in [3.05, 3.63) is 88.7 Å². The number of benzene rings is 2. The lowest BCUT2D eigenvalue weighted by Crippen LogP contribution is -2.32. The fraction of sp³-hybridized carbons (Fsp3) is 0.130. The first-order valence-electron chi connectivity index (χ1n) is 9.50. The number of hydrogen-bond acceptors (Lipinski definition) is 4. The van der Waals surface area contributed by atoms with Crippen molar-refractivity contribution in [2.45, 2.75) is 12.8 Å². The summed E-state index contributed by atoms with van der Waals surface area (Å²) in [4.78, 5) is 43.5. The van der Waals surface area contributed by atoms with E-state index in [0.717, 1.165) is 0 Å². The van der Waals surface area contributed by atoms with E-state index in [2.05, 4.69) is 10.3 Å². The van der Waals surface area contributed by atoms with Gasteiger partial charge in [0.05, 0.1) is 17.6 Å². The average Bonchev–Trinajstić information content (AvgIpc) is 2.93. The van der Waals surface area contributed by atoms with Crippen LogP contribution in [0, 0.1) is 0 Å². The predicted molar refractivity (Wildman–Crippen MR) is 115 cm³/mol. The summed E-state index contributed by atoms with van der Waals surface area (Å²) in [5, 5.41) is 3.21. The van der Waals surface area contributed by atoms with Crippen LogP contribution in [-0.4, -0.2) is 29.1 Å². The van der Waals surface area contributed by atoms with Gasteiger partial charge in [-0.25, -0.2) is 4.98 Å². The van der Waals surface area contributed by atoms with Crippen molar-refractivity contribution in [3.8, 4) is 0 Å². The molecule has 2 aromatic carbocycles. The summed E-state index contributed by atoms with van der Waals surface area (Å²) in [5.74, 6) is -0.600. The predicted octanol–water partition coefficient (Wildman–Crippen LogP) is 4.61. The highest BCUT2D eigenvalue weighted by Crippen LogP contribution is 2.30. The first-order valence-corrected chi connectivity index (χ1v) is 9.88. The molecule has 0 saturated heterocycles. The summed E-state index contributed by atoms with van der Waals surface area (Å²) in [5.41, 5.74) is 2.22. The molecule has 3 aromatic rings. The van der Waals surface area contributed by atoms with E-state index in [-0.39, 0.29) is 23.3 Å². The van der Waals surface area contributed by atoms with E-state index < -0.39 is 0 Å². The number of amides is 2. The minimum atomic E-state index is -0.311. The van der Waals surface area contributed by atoms with E-state index in [1.54, 1.807) is 59.5 Å². The molecule has 0 unspecified atom stereocenters. The van der Waals surface area contributed by atoms with Crippen LogP contribution in [0.15, 0.2) is 66.9 Å². The van der Waals surface area contributed by atoms with Gasteiger partial charge < -0.3 is 10.2 Å². The van der Waals surface area contributed by atoms with E-state index in [4.69, 9.17) is 11.6 Å². The van der Waals surface area contributed by atoms with Gasteiger partial charge in [0.25, 0.3) is 11.8 Å². The monoisotopic (exact) mass is 419 g/mol. The third kappa shape index (κ3) is 4.09. The van der Waals surface area contributed by atoms with Crippen LogP contribution in [0.25, 0.3) is 0 Å². The number of ketones is 1. The molecule has 0 radical (unpaired) electrons. The minimum Gasteiger partial charge on any atom is -0.321 e. The highest BCUT2D eigenvalue weighted by atomic mass is 35.5. The van der Waals surface area contributed by atoms with Crippen molar-refractivity contribution in [3.63, 3.8) is 0 Å². The number of fused-ring (bicyclic) bond motifs is 1. The average molecular weight is 420 g/mol. The van der Waals surface area contributed by atoms with Crippen LogP contribution in [0.3, 0.4) is 0 Å². The lowest BCUT2D eigenvalue weighted by molar-refractivity contribution is 0.0971. The van der Waals surface area contributed by atoms with Gasteiger partial charge in [0.2, 0.25) is 0 Å². The molecular weight excluding hydrogens is 402 g/mol. The topological polar surface area (TPSA) is 79.4 Å². The normalized spacial score (nSPS) is 13.4. The number of pyridine rings is 1. The second-order valence-corrected chi connectivity index (χ2v) is 7.33. The Labute approximate surface area is 178 Å². The zero-order valence-corrected chi connectivity index (χ0v) is 16.7.